The minimum Gasteiger partial charge on any atom is -0.497 e. The van der Waals surface area contributed by atoms with Crippen LogP contribution < -0.4 is 20.3 Å². The van der Waals surface area contributed by atoms with Crippen molar-refractivity contribution in [3.05, 3.63) is 82.1 Å². The van der Waals surface area contributed by atoms with E-state index in [1.165, 1.54) is 18.9 Å². The number of carbonyl (C=O) groups excluding carboxylic acids is 1. The molecule has 1 amide bonds. The number of para-hydroxylation sites is 1. The molecule has 0 spiro atoms. The normalized spacial score (nSPS) is 10.8. The number of amides is 1. The van der Waals surface area contributed by atoms with Crippen molar-refractivity contribution >= 4 is 34.3 Å². The number of hydrogen-bond acceptors (Lipinski definition) is 6. The summed E-state index contributed by atoms with van der Waals surface area (Å²) in [6, 6.07) is 18.3. The lowest BCUT2D eigenvalue weighted by atomic mass is 10.1. The Morgan fingerprint density at radius 3 is 2.44 bits per heavy atom. The lowest BCUT2D eigenvalue weighted by Crippen LogP contribution is -2.23. The average Bonchev–Trinajstić information content (AvgIpc) is 2.82. The van der Waals surface area contributed by atoms with Crippen LogP contribution in [0.2, 0.25) is 0 Å². The maximum absolute atomic E-state index is 13.4. The van der Waals surface area contributed by atoms with Crippen molar-refractivity contribution in [3.8, 4) is 17.2 Å². The molecule has 4 aromatic rings. The summed E-state index contributed by atoms with van der Waals surface area (Å²) in [6.07, 6.45) is 0. The number of hydrogen-bond donors (Lipinski definition) is 1. The van der Waals surface area contributed by atoms with Crippen molar-refractivity contribution < 1.29 is 14.3 Å². The average molecular weight is 476 g/mol. The number of aryl methyl sites for hydroxylation is 2. The standard InChI is InChI=1S/C26H25N3O4S/c1-16-11-17(2)13-18(12-16)29-25(31)20-7-5-6-8-21(20)28-26(29)34-15-24(30)27-22-14-19(32-3)9-10-23(22)33-4/h5-14H,15H2,1-4H3,(H,27,30). The van der Waals surface area contributed by atoms with E-state index in [-0.39, 0.29) is 17.2 Å². The Kier molecular flexibility index (Phi) is 6.88. The van der Waals surface area contributed by atoms with Gasteiger partial charge in [0, 0.05) is 6.07 Å². The number of aromatic nitrogens is 2. The van der Waals surface area contributed by atoms with Gasteiger partial charge in [0.2, 0.25) is 5.91 Å². The molecule has 0 radical (unpaired) electrons. The summed E-state index contributed by atoms with van der Waals surface area (Å²) in [5, 5.41) is 3.83. The number of carbonyl (C=O) groups is 1. The van der Waals surface area contributed by atoms with Crippen molar-refractivity contribution in [1.82, 2.24) is 9.55 Å². The molecule has 4 rings (SSSR count). The number of anilines is 1. The minimum atomic E-state index is -0.258. The third kappa shape index (κ3) is 4.92. The van der Waals surface area contributed by atoms with Gasteiger partial charge in [0.05, 0.1) is 42.3 Å². The molecule has 0 atom stereocenters. The Balaban J connectivity index is 1.68. The molecule has 1 aromatic heterocycles. The van der Waals surface area contributed by atoms with E-state index in [1.807, 2.05) is 44.2 Å². The van der Waals surface area contributed by atoms with E-state index < -0.39 is 0 Å². The zero-order valence-electron chi connectivity index (χ0n) is 19.4. The highest BCUT2D eigenvalue weighted by Crippen LogP contribution is 2.29. The number of benzene rings is 3. The van der Waals surface area contributed by atoms with Crippen molar-refractivity contribution in [1.29, 1.82) is 0 Å². The van der Waals surface area contributed by atoms with Gasteiger partial charge in [-0.25, -0.2) is 4.98 Å². The molecule has 174 valence electrons. The molecule has 8 heteroatoms. The Hall–Kier alpha value is -3.78. The van der Waals surface area contributed by atoms with Gasteiger partial charge in [-0.2, -0.15) is 0 Å². The van der Waals surface area contributed by atoms with Gasteiger partial charge in [0.15, 0.2) is 5.16 Å². The van der Waals surface area contributed by atoms with Crippen LogP contribution in [0.25, 0.3) is 16.6 Å². The topological polar surface area (TPSA) is 82.5 Å². The molecule has 7 nitrogen and oxygen atoms in total. The summed E-state index contributed by atoms with van der Waals surface area (Å²) < 4.78 is 12.2. The van der Waals surface area contributed by atoms with Crippen LogP contribution in [-0.4, -0.2) is 35.4 Å². The van der Waals surface area contributed by atoms with Crippen LogP contribution in [0.1, 0.15) is 11.1 Å². The first-order valence-electron chi connectivity index (χ1n) is 10.6. The number of nitrogens with one attached hydrogen (secondary N) is 1. The van der Waals surface area contributed by atoms with Gasteiger partial charge in [-0.05, 0) is 61.4 Å². The molecule has 0 bridgehead atoms. The molecular formula is C26H25N3O4S. The van der Waals surface area contributed by atoms with E-state index in [4.69, 9.17) is 14.5 Å². The molecule has 0 aliphatic rings. The molecule has 0 aliphatic heterocycles. The zero-order chi connectivity index (χ0) is 24.2. The second kappa shape index (κ2) is 10.0. The first-order chi connectivity index (χ1) is 16.4. The Labute approximate surface area is 201 Å². The smallest absolute Gasteiger partial charge is 0.266 e. The molecule has 0 aliphatic carbocycles. The number of rotatable bonds is 7. The highest BCUT2D eigenvalue weighted by molar-refractivity contribution is 7.99. The molecule has 0 saturated heterocycles. The molecular weight excluding hydrogens is 450 g/mol. The van der Waals surface area contributed by atoms with Gasteiger partial charge in [0.1, 0.15) is 11.5 Å². The molecule has 0 fully saturated rings. The van der Waals surface area contributed by atoms with Gasteiger partial charge in [-0.15, -0.1) is 0 Å². The second-order valence-corrected chi connectivity index (χ2v) is 8.74. The minimum absolute atomic E-state index is 0.0515. The summed E-state index contributed by atoms with van der Waals surface area (Å²) in [6.45, 7) is 3.97. The second-order valence-electron chi connectivity index (χ2n) is 7.80. The molecule has 1 N–H and O–H groups in total. The summed E-state index contributed by atoms with van der Waals surface area (Å²) in [7, 11) is 3.09. The Morgan fingerprint density at radius 1 is 1.00 bits per heavy atom. The number of fused-ring (bicyclic) bond motifs is 1. The molecule has 0 unspecified atom stereocenters. The molecule has 34 heavy (non-hydrogen) atoms. The van der Waals surface area contributed by atoms with Gasteiger partial charge in [0.25, 0.3) is 5.56 Å². The van der Waals surface area contributed by atoms with Crippen molar-refractivity contribution in [3.63, 3.8) is 0 Å². The van der Waals surface area contributed by atoms with Crippen LogP contribution in [-0.2, 0) is 4.79 Å². The lowest BCUT2D eigenvalue weighted by molar-refractivity contribution is -0.113. The number of thioether (sulfide) groups is 1. The highest BCUT2D eigenvalue weighted by Gasteiger charge is 2.16. The van der Waals surface area contributed by atoms with E-state index in [2.05, 4.69) is 5.32 Å². The SMILES string of the molecule is COc1ccc(OC)c(NC(=O)CSc2nc3ccccc3c(=O)n2-c2cc(C)cc(C)c2)c1. The predicted octanol–water partition coefficient (Wildman–Crippen LogP) is 4.75. The zero-order valence-corrected chi connectivity index (χ0v) is 20.2. The molecule has 1 heterocycles. The highest BCUT2D eigenvalue weighted by atomic mass is 32.2. The lowest BCUT2D eigenvalue weighted by Gasteiger charge is -2.15. The van der Waals surface area contributed by atoms with E-state index in [0.29, 0.717) is 33.2 Å². The maximum Gasteiger partial charge on any atom is 0.266 e. The van der Waals surface area contributed by atoms with Crippen molar-refractivity contribution in [2.24, 2.45) is 0 Å². The van der Waals surface area contributed by atoms with Gasteiger partial charge >= 0.3 is 0 Å². The maximum atomic E-state index is 13.4. The third-order valence-corrected chi connectivity index (χ3v) is 6.16. The molecule has 3 aromatic carbocycles. The van der Waals surface area contributed by atoms with Crippen LogP contribution in [0.5, 0.6) is 11.5 Å². The van der Waals surface area contributed by atoms with Crippen LogP contribution in [0.4, 0.5) is 5.69 Å². The fourth-order valence-corrected chi connectivity index (χ4v) is 4.56. The summed E-state index contributed by atoms with van der Waals surface area (Å²) in [5.41, 5.74) is 3.71. The van der Waals surface area contributed by atoms with Gasteiger partial charge in [-0.3, -0.25) is 14.2 Å². The van der Waals surface area contributed by atoms with E-state index in [9.17, 15) is 9.59 Å². The molecule has 0 saturated carbocycles. The Morgan fingerprint density at radius 2 is 1.74 bits per heavy atom. The van der Waals surface area contributed by atoms with Crippen LogP contribution in [0.15, 0.2) is 70.6 Å². The van der Waals surface area contributed by atoms with Crippen LogP contribution in [0, 0.1) is 13.8 Å². The van der Waals surface area contributed by atoms with Crippen molar-refractivity contribution in [2.45, 2.75) is 19.0 Å². The van der Waals surface area contributed by atoms with Crippen LogP contribution >= 0.6 is 11.8 Å². The fraction of sp³-hybridized carbons (Fsp3) is 0.192. The van der Waals surface area contributed by atoms with Gasteiger partial charge < -0.3 is 14.8 Å². The number of ether oxygens (including phenoxy) is 2. The number of nitrogens with zero attached hydrogens (tertiary/aromatic N) is 2. The van der Waals surface area contributed by atoms with Crippen molar-refractivity contribution in [2.75, 3.05) is 25.3 Å². The van der Waals surface area contributed by atoms with E-state index in [0.717, 1.165) is 16.8 Å². The fourth-order valence-electron chi connectivity index (χ4n) is 3.74. The predicted molar refractivity (Wildman–Crippen MR) is 136 cm³/mol. The number of methoxy groups -OCH3 is 2. The monoisotopic (exact) mass is 475 g/mol. The van der Waals surface area contributed by atoms with Gasteiger partial charge in [-0.1, -0.05) is 30.0 Å². The van der Waals surface area contributed by atoms with E-state index in [1.54, 1.807) is 42.0 Å². The third-order valence-electron chi connectivity index (χ3n) is 5.22. The first kappa shape index (κ1) is 23.4. The van der Waals surface area contributed by atoms with Crippen LogP contribution in [0.3, 0.4) is 0 Å². The van der Waals surface area contributed by atoms with E-state index >= 15 is 0 Å². The largest absolute Gasteiger partial charge is 0.497 e. The summed E-state index contributed by atoms with van der Waals surface area (Å²) in [5.74, 6) is 0.917. The first-order valence-corrected chi connectivity index (χ1v) is 11.6. The summed E-state index contributed by atoms with van der Waals surface area (Å²) >= 11 is 1.20. The summed E-state index contributed by atoms with van der Waals surface area (Å²) in [4.78, 5) is 31.0. The Bertz CT molecular complexity index is 1410. The quantitative estimate of drug-likeness (QED) is 0.307.